The van der Waals surface area contributed by atoms with Crippen molar-refractivity contribution in [1.29, 1.82) is 0 Å². The molecule has 3 aliphatic heterocycles. The number of thiocarbonyl (C=S) groups is 2. The van der Waals surface area contributed by atoms with Crippen LogP contribution in [0, 0.1) is 55.7 Å². The van der Waals surface area contributed by atoms with Crippen LogP contribution in [0.4, 0.5) is 11.4 Å². The maximum atomic E-state index is 13.8. The van der Waals surface area contributed by atoms with Gasteiger partial charge in [-0.3, -0.25) is 30.0 Å². The van der Waals surface area contributed by atoms with E-state index in [1.807, 2.05) is 27.7 Å². The molecule has 7 N–H and O–H groups in total. The number of carboxylic acid groups (broad SMARTS) is 1. The van der Waals surface area contributed by atoms with E-state index in [2.05, 4.69) is 52.9 Å². The van der Waals surface area contributed by atoms with Crippen LogP contribution >= 0.6 is 36.8 Å². The van der Waals surface area contributed by atoms with E-state index in [0.717, 1.165) is 131 Å². The monoisotopic (exact) mass is 1900 g/mol. The summed E-state index contributed by atoms with van der Waals surface area (Å²) in [7, 11) is -2.42. The molecule has 36 nitrogen and oxygen atoms in total. The van der Waals surface area contributed by atoms with Gasteiger partial charge in [0.1, 0.15) is 50.0 Å². The molecule has 6 aliphatic carbocycles. The lowest BCUT2D eigenvalue weighted by molar-refractivity contribution is -0.388. The van der Waals surface area contributed by atoms with Gasteiger partial charge in [-0.1, -0.05) is 152 Å². The number of nitro benzene ring substituents is 2. The van der Waals surface area contributed by atoms with Crippen LogP contribution in [0.5, 0.6) is 0 Å². The van der Waals surface area contributed by atoms with Crippen molar-refractivity contribution < 1.29 is 104 Å². The van der Waals surface area contributed by atoms with Crippen molar-refractivity contribution in [3.8, 4) is 0 Å². The number of para-hydroxylation sites is 2. The summed E-state index contributed by atoms with van der Waals surface area (Å²) in [6.45, 7) is 15.5. The SMILES string of the molecule is CC1(C)COC(N([C@H](C(=O)O)C2CCCCC2)S(=O)(=O)c2ccccc2[N+](=O)[O-])=N1.COC(=O)[C@@H](N)C1CCCCC1.COC(=O)[C@@H](N=C1NC(C)(C)CO1)C1CCCCC1.COC(=O)[C@@H](N=CC=S)C1CCCCC1.COC(=O)[C@@H](NC(=S)NC(C)(C)CO)C1CCCCC1.COC(=O)[C@H](C1CCCCC1)N(C1=NC(C)(C)CO1)S(=O)(=O)c1ccccc1[N+](=O)[O-].Cl. The maximum Gasteiger partial charge on any atom is 0.331 e. The quantitative estimate of drug-likeness (QED) is 0.0127. The number of carbonyl (C=O) groups excluding carboxylic acids is 5. The number of carbonyl (C=O) groups is 6. The number of aliphatic hydroxyl groups is 1. The van der Waals surface area contributed by atoms with E-state index < -0.39 is 116 Å². The Morgan fingerprint density at radius 3 is 1.27 bits per heavy atom. The number of aliphatic carboxylic acids is 1. The number of rotatable bonds is 26. The number of hydrogen-bond acceptors (Lipinski definition) is 30. The minimum atomic E-state index is -4.65. The van der Waals surface area contributed by atoms with Gasteiger partial charge >= 0.3 is 47.9 Å². The number of aliphatic imine (C=N–C) groups is 4. The molecule has 720 valence electrons. The van der Waals surface area contributed by atoms with E-state index in [1.165, 1.54) is 136 Å². The molecule has 0 radical (unpaired) electrons. The number of amidine groups is 3. The topological polar surface area (TPSA) is 489 Å². The highest BCUT2D eigenvalue weighted by atomic mass is 35.5. The molecule has 1 saturated heterocycles. The molecule has 2 aromatic carbocycles. The largest absolute Gasteiger partial charge is 0.480 e. The van der Waals surface area contributed by atoms with Gasteiger partial charge in [-0.05, 0) is 192 Å². The zero-order valence-electron chi connectivity index (χ0n) is 76.3. The molecule has 0 unspecified atom stereocenters. The predicted octanol–water partition coefficient (Wildman–Crippen LogP) is 12.5. The number of carboxylic acids is 1. The minimum absolute atomic E-state index is 0. The number of nitrogens with zero attached hydrogens (tertiary/aromatic N) is 8. The summed E-state index contributed by atoms with van der Waals surface area (Å²) in [5, 5.41) is 53.4. The van der Waals surface area contributed by atoms with Crippen LogP contribution in [-0.4, -0.2) is 236 Å². The second-order valence-electron chi connectivity index (χ2n) is 36.0. The normalized spacial score (nSPS) is 20.7. The molecule has 9 aliphatic rings. The van der Waals surface area contributed by atoms with Crippen molar-refractivity contribution in [2.75, 3.05) is 62.0 Å². The van der Waals surface area contributed by atoms with Gasteiger partial charge in [-0.25, -0.2) is 64.4 Å². The second-order valence-corrected chi connectivity index (χ2v) is 40.2. The van der Waals surface area contributed by atoms with Crippen molar-refractivity contribution in [2.45, 2.75) is 316 Å². The van der Waals surface area contributed by atoms with Crippen LogP contribution in [-0.2, 0) is 86.7 Å². The Morgan fingerprint density at radius 1 is 0.562 bits per heavy atom. The van der Waals surface area contributed by atoms with Gasteiger partial charge in [-0.2, -0.15) is 0 Å². The lowest BCUT2D eigenvalue weighted by Crippen LogP contribution is -2.56. The third-order valence-corrected chi connectivity index (χ3v) is 27.8. The standard InChI is InChI=1S/C20H27N3O7S.C19H25N3O7S.C14H26N2O3S.C14H24N2O3.C11H17NO2S.C9H17NO2.ClH/c1-20(2)13-30-19(21-20)22(17(18(24)29-3)14-9-5-4-6-10-14)31(27,28)16-12-8-7-11-15(16)23(25)26;1-19(2)12-29-18(20-19)21(16(17(23)24)13-8-4-3-5-9-13)30(27,28)15-11-7-6-10-14(15)22(25)26;1-14(2,9-17)16-13(20)15-11(12(18)19-3)10-7-5-4-6-8-10;1-14(2)9-19-13(16-14)15-11(12(17)18-3)10-7-5-4-6-8-10;1-14-11(13)10(12-7-8-15)9-5-3-2-4-6-9;1-12-9(11)8(10)7-5-3-2-4-6-7;/h7-8,11-12,14,17H,4-6,9-10,13H2,1-3H3;6-7,10-11,13,16H,3-5,8-9,12H2,1-2H3,(H,23,24);10-11,17H,4-9H2,1-3H3,(H2,15,16,20);10-11H,4-9H2,1-3H3,(H,15,16);7-10H,2-6H2,1H3;7-8H,2-6,10H2,1H3;1H/t17-;16-;2*11-;10-;8-;/m000000./s1. The summed E-state index contributed by atoms with van der Waals surface area (Å²) in [4.78, 5) is 109. The fourth-order valence-electron chi connectivity index (χ4n) is 17.1. The fourth-order valence-corrected chi connectivity index (χ4v) is 21.0. The van der Waals surface area contributed by atoms with Gasteiger partial charge in [0.25, 0.3) is 37.4 Å². The average molecular weight is 1900 g/mol. The summed E-state index contributed by atoms with van der Waals surface area (Å²) in [5.74, 6) is -2.67. The maximum absolute atomic E-state index is 13.8. The molecular formula is C87H137ClN12O24S4. The third kappa shape index (κ3) is 32.8. The van der Waals surface area contributed by atoms with E-state index in [4.69, 9.17) is 51.1 Å². The minimum Gasteiger partial charge on any atom is -0.480 e. The van der Waals surface area contributed by atoms with Crippen molar-refractivity contribution in [1.82, 2.24) is 24.6 Å². The molecule has 6 atom stereocenters. The fraction of sp³-hybridized carbons (Fsp3) is 0.724. The Bertz CT molecular complexity index is 4350. The van der Waals surface area contributed by atoms with Crippen molar-refractivity contribution in [3.05, 3.63) is 68.8 Å². The molecule has 0 aromatic heterocycles. The van der Waals surface area contributed by atoms with Gasteiger partial charge in [0.05, 0.1) is 74.2 Å². The molecule has 6 saturated carbocycles. The number of nitrogens with two attached hydrogens (primary N) is 1. The predicted molar refractivity (Wildman–Crippen MR) is 493 cm³/mol. The molecule has 11 rings (SSSR count). The molecule has 3 heterocycles. The summed E-state index contributed by atoms with van der Waals surface area (Å²) < 4.78 is 97.2. The molecular weight excluding hydrogens is 1760 g/mol. The van der Waals surface area contributed by atoms with Crippen LogP contribution < -0.4 is 21.7 Å². The summed E-state index contributed by atoms with van der Waals surface area (Å²) in [6.07, 6.45) is 31.9. The Kier molecular flexibility index (Phi) is 45.1. The zero-order chi connectivity index (χ0) is 94.0. The number of sulfonamides is 2. The van der Waals surface area contributed by atoms with Crippen LogP contribution in [0.25, 0.3) is 0 Å². The first-order valence-corrected chi connectivity index (χ1v) is 47.9. The average Bonchev–Trinajstić information content (AvgIpc) is 1.37. The number of nitro groups is 2. The Hall–Kier alpha value is -8.57. The van der Waals surface area contributed by atoms with Gasteiger partial charge in [0.2, 0.25) is 0 Å². The van der Waals surface area contributed by atoms with Crippen molar-refractivity contribution in [3.63, 3.8) is 0 Å². The number of esters is 5. The first-order valence-electron chi connectivity index (χ1n) is 44.1. The highest BCUT2D eigenvalue weighted by Crippen LogP contribution is 2.41. The smallest absolute Gasteiger partial charge is 0.331 e. The van der Waals surface area contributed by atoms with Gasteiger partial charge in [0.15, 0.2) is 20.9 Å². The second kappa shape index (κ2) is 52.5. The number of aliphatic hydroxyl groups excluding tert-OH is 1. The molecule has 0 spiro atoms. The zero-order valence-corrected chi connectivity index (χ0v) is 80.4. The number of halogens is 1. The van der Waals surface area contributed by atoms with E-state index >= 15 is 0 Å². The van der Waals surface area contributed by atoms with Crippen LogP contribution in [0.2, 0.25) is 0 Å². The lowest BCUT2D eigenvalue weighted by atomic mass is 9.84. The Labute approximate surface area is 770 Å². The van der Waals surface area contributed by atoms with E-state index in [1.54, 1.807) is 27.7 Å². The van der Waals surface area contributed by atoms with Crippen LogP contribution in [0.3, 0.4) is 0 Å². The van der Waals surface area contributed by atoms with Gasteiger partial charge in [-0.15, -0.1) is 12.4 Å². The van der Waals surface area contributed by atoms with E-state index in [-0.39, 0.29) is 97.5 Å². The third-order valence-electron chi connectivity index (χ3n) is 23.9. The van der Waals surface area contributed by atoms with E-state index in [0.29, 0.717) is 59.6 Å². The molecule has 0 bridgehead atoms. The van der Waals surface area contributed by atoms with Crippen molar-refractivity contribution in [2.24, 2.45) is 61.2 Å². The summed E-state index contributed by atoms with van der Waals surface area (Å²) >= 11 is 9.91. The van der Waals surface area contributed by atoms with Crippen LogP contribution in [0.1, 0.15) is 248 Å². The summed E-state index contributed by atoms with van der Waals surface area (Å²) in [5.41, 5.74) is 2.42. The number of hydrogen-bond donors (Lipinski definition) is 6. The lowest BCUT2D eigenvalue weighted by Gasteiger charge is -2.36. The molecule has 41 heteroatoms. The molecule has 0 amide bonds. The molecule has 2 aromatic rings. The number of methoxy groups -OCH3 is 5. The summed E-state index contributed by atoms with van der Waals surface area (Å²) in [6, 6.07) is 5.53. The van der Waals surface area contributed by atoms with E-state index in [9.17, 15) is 76.0 Å². The molecule has 7 fully saturated rings. The van der Waals surface area contributed by atoms with Gasteiger partial charge in [0, 0.05) is 23.7 Å². The van der Waals surface area contributed by atoms with Gasteiger partial charge < -0.3 is 69.8 Å². The number of benzene rings is 2. The Morgan fingerprint density at radius 2 is 0.922 bits per heavy atom. The number of nitrogens with one attached hydrogen (secondary N) is 3. The highest BCUT2D eigenvalue weighted by Gasteiger charge is 2.51. The number of ether oxygens (including phenoxy) is 8. The highest BCUT2D eigenvalue weighted by molar-refractivity contribution is 7.90. The Balaban J connectivity index is 0.000000280. The van der Waals surface area contributed by atoms with Crippen molar-refractivity contribution >= 4 is 139 Å². The first-order chi connectivity index (χ1) is 60.1. The first kappa shape index (κ1) is 110. The van der Waals surface area contributed by atoms with Crippen LogP contribution in [0.15, 0.2) is 78.3 Å². The molecule has 128 heavy (non-hydrogen) atoms.